The van der Waals surface area contributed by atoms with Crippen LogP contribution in [0, 0.1) is 11.6 Å². The lowest BCUT2D eigenvalue weighted by Crippen LogP contribution is -2.31. The average Bonchev–Trinajstić information content (AvgIpc) is 3.19. The van der Waals surface area contributed by atoms with Gasteiger partial charge in [-0.1, -0.05) is 24.3 Å². The van der Waals surface area contributed by atoms with Crippen molar-refractivity contribution in [1.29, 1.82) is 0 Å². The predicted molar refractivity (Wildman–Crippen MR) is 96.4 cm³/mol. The Balaban J connectivity index is 2.44. The molecule has 0 unspecified atom stereocenters. The van der Waals surface area contributed by atoms with Gasteiger partial charge >= 0.3 is 7.60 Å². The third-order valence-corrected chi connectivity index (χ3v) is 7.71. The van der Waals surface area contributed by atoms with Gasteiger partial charge in [-0.25, -0.2) is 13.8 Å². The number of benzene rings is 2. The van der Waals surface area contributed by atoms with Gasteiger partial charge in [-0.05, 0) is 35.4 Å². The molecule has 26 heavy (non-hydrogen) atoms. The van der Waals surface area contributed by atoms with Crippen molar-refractivity contribution in [3.63, 3.8) is 0 Å². The molecule has 0 aliphatic heterocycles. The lowest BCUT2D eigenvalue weighted by Gasteiger charge is -2.37. The molecule has 2 aromatic carbocycles. The highest BCUT2D eigenvalue weighted by Crippen LogP contribution is 2.70. The quantitative estimate of drug-likeness (QED) is 0.539. The monoisotopic (exact) mass is 395 g/mol. The van der Waals surface area contributed by atoms with Gasteiger partial charge in [0.15, 0.2) is 5.16 Å². The molecular formula is C18H16F2NO3PS. The summed E-state index contributed by atoms with van der Waals surface area (Å²) < 4.78 is 51.6. The molecular weight excluding hydrogens is 379 g/mol. The van der Waals surface area contributed by atoms with Crippen LogP contribution in [-0.2, 0) is 18.8 Å². The van der Waals surface area contributed by atoms with E-state index in [4.69, 9.17) is 9.05 Å². The van der Waals surface area contributed by atoms with Crippen molar-refractivity contribution in [2.75, 3.05) is 14.2 Å². The van der Waals surface area contributed by atoms with Gasteiger partial charge in [-0.2, -0.15) is 0 Å². The molecule has 1 aromatic heterocycles. The van der Waals surface area contributed by atoms with Gasteiger partial charge in [0.25, 0.3) is 0 Å². The van der Waals surface area contributed by atoms with Crippen LogP contribution in [0.2, 0.25) is 0 Å². The van der Waals surface area contributed by atoms with Gasteiger partial charge in [-0.3, -0.25) is 4.57 Å². The van der Waals surface area contributed by atoms with Crippen molar-refractivity contribution in [3.8, 4) is 0 Å². The van der Waals surface area contributed by atoms with Gasteiger partial charge in [0.2, 0.25) is 0 Å². The Morgan fingerprint density at radius 3 is 1.73 bits per heavy atom. The van der Waals surface area contributed by atoms with Crippen LogP contribution in [0.5, 0.6) is 0 Å². The standard InChI is InChI=1S/C18H16F2NO3PS/c1-23-25(22,24-2)18(17-21-11-12-26-17,13-3-7-15(19)8-4-13)14-5-9-16(20)10-6-14/h3-12H,1-2H3. The van der Waals surface area contributed by atoms with E-state index in [1.807, 2.05) is 0 Å². The fraction of sp³-hybridized carbons (Fsp3) is 0.167. The lowest BCUT2D eigenvalue weighted by atomic mass is 9.90. The van der Waals surface area contributed by atoms with E-state index in [0.717, 1.165) is 0 Å². The smallest absolute Gasteiger partial charge is 0.311 e. The summed E-state index contributed by atoms with van der Waals surface area (Å²) in [5.74, 6) is -0.879. The van der Waals surface area contributed by atoms with E-state index in [1.54, 1.807) is 11.6 Å². The summed E-state index contributed by atoms with van der Waals surface area (Å²) in [4.78, 5) is 4.35. The van der Waals surface area contributed by atoms with Crippen LogP contribution in [0.3, 0.4) is 0 Å². The zero-order chi connectivity index (χ0) is 18.8. The Morgan fingerprint density at radius 2 is 1.38 bits per heavy atom. The molecule has 0 aliphatic carbocycles. The molecule has 0 aliphatic rings. The summed E-state index contributed by atoms with van der Waals surface area (Å²) in [7, 11) is -1.33. The van der Waals surface area contributed by atoms with E-state index in [-0.39, 0.29) is 0 Å². The fourth-order valence-corrected chi connectivity index (χ4v) is 6.17. The molecule has 8 heteroatoms. The molecule has 0 amide bonds. The molecule has 0 bridgehead atoms. The SMILES string of the molecule is COP(=O)(OC)C(c1ccc(F)cc1)(c1ccc(F)cc1)c1nccs1. The molecule has 0 saturated carbocycles. The lowest BCUT2D eigenvalue weighted by molar-refractivity contribution is 0.259. The molecule has 136 valence electrons. The summed E-state index contributed by atoms with van der Waals surface area (Å²) >= 11 is 1.25. The summed E-state index contributed by atoms with van der Waals surface area (Å²) in [6.45, 7) is 0. The maximum absolute atomic E-state index is 13.8. The minimum absolute atomic E-state index is 0.433. The highest BCUT2D eigenvalue weighted by molar-refractivity contribution is 7.56. The van der Waals surface area contributed by atoms with Gasteiger partial charge in [0.05, 0.1) is 0 Å². The zero-order valence-electron chi connectivity index (χ0n) is 14.1. The van der Waals surface area contributed by atoms with Crippen molar-refractivity contribution >= 4 is 18.9 Å². The Kier molecular flexibility index (Phi) is 5.34. The van der Waals surface area contributed by atoms with Crippen molar-refractivity contribution in [2.45, 2.75) is 5.16 Å². The van der Waals surface area contributed by atoms with Gasteiger partial charge in [-0.15, -0.1) is 11.3 Å². The summed E-state index contributed by atoms with van der Waals surface area (Å²) in [6.07, 6.45) is 1.57. The number of nitrogens with zero attached hydrogens (tertiary/aromatic N) is 1. The first-order valence-electron chi connectivity index (χ1n) is 7.61. The van der Waals surface area contributed by atoms with Gasteiger partial charge in [0, 0.05) is 25.8 Å². The minimum atomic E-state index is -3.88. The van der Waals surface area contributed by atoms with Crippen LogP contribution in [0.4, 0.5) is 8.78 Å². The zero-order valence-corrected chi connectivity index (χ0v) is 15.8. The van der Waals surface area contributed by atoms with Crippen LogP contribution < -0.4 is 0 Å². The Morgan fingerprint density at radius 1 is 0.923 bits per heavy atom. The molecule has 0 spiro atoms. The maximum atomic E-state index is 13.8. The molecule has 4 nitrogen and oxygen atoms in total. The van der Waals surface area contributed by atoms with Gasteiger partial charge < -0.3 is 9.05 Å². The molecule has 1 heterocycles. The van der Waals surface area contributed by atoms with Crippen LogP contribution in [0.1, 0.15) is 16.1 Å². The summed E-state index contributed by atoms with van der Waals surface area (Å²) in [5, 5.41) is 0.696. The first-order chi connectivity index (χ1) is 12.5. The molecule has 0 radical (unpaired) electrons. The molecule has 0 fully saturated rings. The van der Waals surface area contributed by atoms with Crippen LogP contribution in [0.15, 0.2) is 60.1 Å². The molecule has 0 N–H and O–H groups in total. The van der Waals surface area contributed by atoms with Gasteiger partial charge in [0.1, 0.15) is 16.6 Å². The maximum Gasteiger partial charge on any atom is 0.351 e. The third-order valence-electron chi connectivity index (χ3n) is 4.16. The Bertz CT molecular complexity index is 861. The second-order valence-electron chi connectivity index (χ2n) is 5.42. The number of hydrogen-bond donors (Lipinski definition) is 0. The highest BCUT2D eigenvalue weighted by atomic mass is 32.1. The number of halogens is 2. The van der Waals surface area contributed by atoms with E-state index in [9.17, 15) is 13.3 Å². The van der Waals surface area contributed by atoms with E-state index >= 15 is 0 Å². The van der Waals surface area contributed by atoms with Crippen molar-refractivity contribution < 1.29 is 22.4 Å². The molecule has 3 aromatic rings. The van der Waals surface area contributed by atoms with Crippen LogP contribution >= 0.6 is 18.9 Å². The molecule has 3 rings (SSSR count). The summed E-state index contributed by atoms with van der Waals surface area (Å²) in [5.41, 5.74) is 0.931. The largest absolute Gasteiger partial charge is 0.351 e. The van der Waals surface area contributed by atoms with E-state index in [1.165, 1.54) is 74.1 Å². The second kappa shape index (κ2) is 7.37. The van der Waals surface area contributed by atoms with Crippen molar-refractivity contribution in [3.05, 3.63) is 87.9 Å². The van der Waals surface area contributed by atoms with E-state index in [0.29, 0.717) is 16.1 Å². The van der Waals surface area contributed by atoms with Crippen LogP contribution in [-0.4, -0.2) is 19.2 Å². The fourth-order valence-electron chi connectivity index (χ4n) is 2.98. The highest BCUT2D eigenvalue weighted by Gasteiger charge is 2.56. The number of thiazole rings is 1. The Labute approximate surface area is 154 Å². The van der Waals surface area contributed by atoms with Crippen molar-refractivity contribution in [1.82, 2.24) is 4.98 Å². The topological polar surface area (TPSA) is 48.4 Å². The number of rotatable bonds is 6. The predicted octanol–water partition coefficient (Wildman–Crippen LogP) is 5.20. The first-order valence-corrected chi connectivity index (χ1v) is 10.0. The average molecular weight is 395 g/mol. The normalized spacial score (nSPS) is 12.3. The molecule has 0 atom stereocenters. The van der Waals surface area contributed by atoms with Crippen molar-refractivity contribution in [2.24, 2.45) is 0 Å². The number of aromatic nitrogens is 1. The van der Waals surface area contributed by atoms with E-state index < -0.39 is 24.4 Å². The summed E-state index contributed by atoms with van der Waals surface area (Å²) in [6, 6.07) is 11.1. The third kappa shape index (κ3) is 2.91. The number of hydrogen-bond acceptors (Lipinski definition) is 5. The van der Waals surface area contributed by atoms with E-state index in [2.05, 4.69) is 4.98 Å². The second-order valence-corrected chi connectivity index (χ2v) is 8.71. The Hall–Kier alpha value is -1.92. The molecule has 0 saturated heterocycles. The first kappa shape index (κ1) is 18.9. The minimum Gasteiger partial charge on any atom is -0.311 e. The van der Waals surface area contributed by atoms with Crippen LogP contribution in [0.25, 0.3) is 0 Å².